The topological polar surface area (TPSA) is 236 Å². The number of ether oxygens (including phenoxy) is 5. The van der Waals surface area contributed by atoms with Crippen molar-refractivity contribution in [3.63, 3.8) is 0 Å². The van der Waals surface area contributed by atoms with Crippen LogP contribution in [0.25, 0.3) is 0 Å². The molecule has 0 bridgehead atoms. The van der Waals surface area contributed by atoms with Crippen LogP contribution >= 0.6 is 0 Å². The Kier molecular flexibility index (Phi) is 18.5. The third kappa shape index (κ3) is 20.7. The summed E-state index contributed by atoms with van der Waals surface area (Å²) in [5.41, 5.74) is 0. The van der Waals surface area contributed by atoms with E-state index in [1.165, 1.54) is 0 Å². The van der Waals surface area contributed by atoms with Gasteiger partial charge in [0.25, 0.3) is 0 Å². The molecule has 204 valence electrons. The minimum atomic E-state index is -1.23. The number of carbonyl (C=O) groups is 4. The average Bonchev–Trinajstić information content (AvgIpc) is 2.82. The molecule has 0 aromatic heterocycles. The Morgan fingerprint density at radius 2 is 0.829 bits per heavy atom. The number of rotatable bonds is 21. The second kappa shape index (κ2) is 19.9. The Morgan fingerprint density at radius 3 is 1.14 bits per heavy atom. The van der Waals surface area contributed by atoms with Crippen molar-refractivity contribution in [2.24, 2.45) is 0 Å². The number of hydrogen-bond acceptors (Lipinski definition) is 14. The Morgan fingerprint density at radius 1 is 0.514 bits per heavy atom. The van der Waals surface area contributed by atoms with Gasteiger partial charge in [-0.15, -0.1) is 0 Å². The van der Waals surface area contributed by atoms with Crippen molar-refractivity contribution < 1.29 is 73.5 Å². The summed E-state index contributed by atoms with van der Waals surface area (Å²) < 4.78 is 24.1. The number of carboxylic acid groups (broad SMARTS) is 1. The second-order valence-corrected chi connectivity index (χ2v) is 7.32. The summed E-state index contributed by atoms with van der Waals surface area (Å²) in [6.07, 6.45) is -6.07. The van der Waals surface area contributed by atoms with Gasteiger partial charge in [0.05, 0.1) is 58.7 Å². The van der Waals surface area contributed by atoms with Gasteiger partial charge < -0.3 is 54.3 Å². The van der Waals surface area contributed by atoms with Gasteiger partial charge in [0.1, 0.15) is 44.2 Å². The highest BCUT2D eigenvalue weighted by Gasteiger charge is 2.15. The average molecular weight is 514 g/mol. The third-order valence-corrected chi connectivity index (χ3v) is 3.84. The molecule has 0 aliphatic rings. The molecule has 0 aromatic rings. The van der Waals surface area contributed by atoms with Gasteiger partial charge in [-0.1, -0.05) is 0 Å². The minimum absolute atomic E-state index is 0.198. The fraction of sp³-hybridized carbons (Fsp3) is 0.800. The molecule has 0 heterocycles. The van der Waals surface area contributed by atoms with Crippen LogP contribution in [-0.4, -0.2) is 132 Å². The highest BCUT2D eigenvalue weighted by molar-refractivity contribution is 5.77. The molecule has 0 saturated heterocycles. The quantitative estimate of drug-likeness (QED) is 0.0651. The van der Waals surface area contributed by atoms with E-state index in [1.54, 1.807) is 0 Å². The molecule has 0 aliphatic carbocycles. The van der Waals surface area contributed by atoms with Crippen LogP contribution in [0.3, 0.4) is 0 Å². The Hall–Kier alpha value is -2.40. The van der Waals surface area contributed by atoms with Crippen molar-refractivity contribution in [3.8, 4) is 0 Å². The molecule has 0 aliphatic heterocycles. The number of aliphatic hydroxyl groups is 5. The molecule has 0 amide bonds. The van der Waals surface area contributed by atoms with Crippen LogP contribution in [0.5, 0.6) is 0 Å². The molecular formula is C20H34O15. The van der Waals surface area contributed by atoms with Crippen LogP contribution in [0, 0.1) is 0 Å². The zero-order valence-electron chi connectivity index (χ0n) is 19.2. The van der Waals surface area contributed by atoms with Crippen molar-refractivity contribution in [3.05, 3.63) is 0 Å². The first kappa shape index (κ1) is 32.6. The van der Waals surface area contributed by atoms with Crippen LogP contribution in [-0.2, 0) is 42.9 Å². The van der Waals surface area contributed by atoms with Gasteiger partial charge in [0.2, 0.25) is 0 Å². The number of aliphatic carboxylic acids is 1. The summed E-state index contributed by atoms with van der Waals surface area (Å²) >= 11 is 0. The first-order chi connectivity index (χ1) is 16.5. The molecule has 0 radical (unpaired) electrons. The van der Waals surface area contributed by atoms with Crippen LogP contribution < -0.4 is 0 Å². The molecule has 4 unspecified atom stereocenters. The van der Waals surface area contributed by atoms with Gasteiger partial charge >= 0.3 is 23.9 Å². The van der Waals surface area contributed by atoms with Crippen LogP contribution in [0.1, 0.15) is 25.7 Å². The Labute approximate surface area is 201 Å². The fourth-order valence-electron chi connectivity index (χ4n) is 2.07. The Bertz CT molecular complexity index is 626. The normalized spacial score (nSPS) is 14.4. The van der Waals surface area contributed by atoms with E-state index >= 15 is 0 Å². The Balaban J connectivity index is 3.80. The van der Waals surface area contributed by atoms with Gasteiger partial charge in [-0.3, -0.25) is 19.2 Å². The summed E-state index contributed by atoms with van der Waals surface area (Å²) in [7, 11) is 0. The van der Waals surface area contributed by atoms with E-state index in [9.17, 15) is 34.5 Å². The number of hydrogen-bond donors (Lipinski definition) is 6. The zero-order valence-corrected chi connectivity index (χ0v) is 19.2. The largest absolute Gasteiger partial charge is 0.481 e. The lowest BCUT2D eigenvalue weighted by atomic mass is 10.3. The molecule has 0 saturated carbocycles. The smallest absolute Gasteiger partial charge is 0.306 e. The second-order valence-electron chi connectivity index (χ2n) is 7.32. The maximum atomic E-state index is 11.6. The summed E-state index contributed by atoms with van der Waals surface area (Å²) in [4.78, 5) is 44.8. The SMILES string of the molecule is O=C(O)CCC(=O)OCC(O)COCC(O)COC(=O)CCC(=O)OCC(O)COCC(O)CO. The molecule has 0 spiro atoms. The van der Waals surface area contributed by atoms with E-state index in [0.29, 0.717) is 0 Å². The first-order valence-corrected chi connectivity index (χ1v) is 10.7. The van der Waals surface area contributed by atoms with E-state index in [1.807, 2.05) is 0 Å². The van der Waals surface area contributed by atoms with Crippen molar-refractivity contribution in [1.82, 2.24) is 0 Å². The maximum absolute atomic E-state index is 11.6. The van der Waals surface area contributed by atoms with Gasteiger partial charge in [0.15, 0.2) is 0 Å². The van der Waals surface area contributed by atoms with Crippen molar-refractivity contribution in [1.29, 1.82) is 0 Å². The van der Waals surface area contributed by atoms with E-state index in [4.69, 9.17) is 34.3 Å². The van der Waals surface area contributed by atoms with Gasteiger partial charge in [-0.05, 0) is 0 Å². The van der Waals surface area contributed by atoms with Crippen molar-refractivity contribution in [2.45, 2.75) is 50.1 Å². The monoisotopic (exact) mass is 514 g/mol. The van der Waals surface area contributed by atoms with E-state index in [0.717, 1.165) is 0 Å². The van der Waals surface area contributed by atoms with E-state index < -0.39 is 81.1 Å². The number of carbonyl (C=O) groups excluding carboxylic acids is 3. The zero-order chi connectivity index (χ0) is 26.6. The molecule has 6 N–H and O–H groups in total. The van der Waals surface area contributed by atoms with Gasteiger partial charge in [-0.2, -0.15) is 0 Å². The lowest BCUT2D eigenvalue weighted by Gasteiger charge is -2.15. The third-order valence-electron chi connectivity index (χ3n) is 3.84. The molecule has 15 heteroatoms. The maximum Gasteiger partial charge on any atom is 0.306 e. The van der Waals surface area contributed by atoms with E-state index in [-0.39, 0.29) is 45.7 Å². The molecule has 0 rings (SSSR count). The lowest BCUT2D eigenvalue weighted by molar-refractivity contribution is -0.155. The minimum Gasteiger partial charge on any atom is -0.481 e. The highest BCUT2D eigenvalue weighted by atomic mass is 16.6. The number of carboxylic acids is 1. The summed E-state index contributed by atoms with van der Waals surface area (Å²) in [5.74, 6) is -3.52. The molecule has 15 nitrogen and oxygen atoms in total. The lowest BCUT2D eigenvalue weighted by Crippen LogP contribution is -2.29. The van der Waals surface area contributed by atoms with Crippen LogP contribution in [0.15, 0.2) is 0 Å². The summed E-state index contributed by atoms with van der Waals surface area (Å²) in [6.45, 7) is -2.80. The fourth-order valence-corrected chi connectivity index (χ4v) is 2.07. The van der Waals surface area contributed by atoms with Crippen LogP contribution in [0.2, 0.25) is 0 Å². The van der Waals surface area contributed by atoms with Gasteiger partial charge in [-0.25, -0.2) is 0 Å². The standard InChI is InChI=1S/C20H34O15/c21-5-13(22)6-31-7-14(23)11-34-19(29)3-4-20(30)35-12-16(25)9-32-8-15(24)10-33-18(28)2-1-17(26)27/h13-16,21-25H,1-12H2,(H,26,27). The first-order valence-electron chi connectivity index (χ1n) is 10.7. The predicted octanol–water partition coefficient (Wildman–Crippen LogP) is -3.27. The molecule has 0 aromatic carbocycles. The molecule has 35 heavy (non-hydrogen) atoms. The molecule has 4 atom stereocenters. The molecular weight excluding hydrogens is 480 g/mol. The van der Waals surface area contributed by atoms with Gasteiger partial charge in [0, 0.05) is 0 Å². The highest BCUT2D eigenvalue weighted by Crippen LogP contribution is 2.00. The van der Waals surface area contributed by atoms with Crippen LogP contribution in [0.4, 0.5) is 0 Å². The number of aliphatic hydroxyl groups excluding tert-OH is 5. The summed E-state index contributed by atoms with van der Waals surface area (Å²) in [5, 5.41) is 55.0. The molecule has 0 fully saturated rings. The number of esters is 3. The predicted molar refractivity (Wildman–Crippen MR) is 112 cm³/mol. The van der Waals surface area contributed by atoms with E-state index in [2.05, 4.69) is 4.74 Å². The van der Waals surface area contributed by atoms with Crippen molar-refractivity contribution in [2.75, 3.05) is 52.9 Å². The summed E-state index contributed by atoms with van der Waals surface area (Å²) in [6, 6.07) is 0. The van der Waals surface area contributed by atoms with Crippen molar-refractivity contribution >= 4 is 23.9 Å².